The Kier molecular flexibility index (Phi) is 3.82. The fraction of sp³-hybridized carbons (Fsp3) is 0.421. The Hall–Kier alpha value is -2.63. The molecule has 3 amide bonds. The van der Waals surface area contributed by atoms with Crippen LogP contribution in [0.25, 0.3) is 0 Å². The molecule has 1 heterocycles. The van der Waals surface area contributed by atoms with Crippen LogP contribution in [0.1, 0.15) is 12.8 Å². The van der Waals surface area contributed by atoms with Gasteiger partial charge in [-0.3, -0.25) is 19.3 Å². The third kappa shape index (κ3) is 2.62. The number of allylic oxidation sites excluding steroid dienone is 2. The van der Waals surface area contributed by atoms with Crippen molar-refractivity contribution in [2.75, 3.05) is 19.0 Å². The zero-order valence-electron chi connectivity index (χ0n) is 14.0. The molecule has 0 aromatic heterocycles. The third-order valence-electron chi connectivity index (χ3n) is 5.48. The van der Waals surface area contributed by atoms with Gasteiger partial charge in [-0.05, 0) is 30.4 Å². The lowest BCUT2D eigenvalue weighted by Gasteiger charge is -2.17. The lowest BCUT2D eigenvalue weighted by Crippen LogP contribution is -2.35. The largest absolute Gasteiger partial charge is 0.497 e. The number of fused-ring (bicyclic) bond motifs is 5. The van der Waals surface area contributed by atoms with Crippen molar-refractivity contribution in [3.05, 3.63) is 36.4 Å². The summed E-state index contributed by atoms with van der Waals surface area (Å²) in [5.41, 5.74) is 0.627. The van der Waals surface area contributed by atoms with Gasteiger partial charge in [0.2, 0.25) is 17.7 Å². The normalized spacial score (nSPS) is 29.2. The first-order valence-corrected chi connectivity index (χ1v) is 8.56. The second-order valence-electron chi connectivity index (χ2n) is 6.86. The first kappa shape index (κ1) is 15.9. The second kappa shape index (κ2) is 6.02. The molecule has 1 aromatic carbocycles. The van der Waals surface area contributed by atoms with Crippen LogP contribution < -0.4 is 10.1 Å². The maximum atomic E-state index is 12.6. The van der Waals surface area contributed by atoms with E-state index in [2.05, 4.69) is 17.5 Å². The number of likely N-dealkylation sites (tertiary alicyclic amines) is 1. The molecule has 0 spiro atoms. The molecule has 2 bridgehead atoms. The van der Waals surface area contributed by atoms with Crippen LogP contribution in [0, 0.1) is 23.7 Å². The second-order valence-corrected chi connectivity index (χ2v) is 6.86. The summed E-state index contributed by atoms with van der Waals surface area (Å²) in [6, 6.07) is 7.06. The minimum atomic E-state index is -0.230. The molecule has 4 rings (SSSR count). The number of benzene rings is 1. The molecule has 4 unspecified atom stereocenters. The van der Waals surface area contributed by atoms with Crippen LogP contribution in [0.2, 0.25) is 0 Å². The summed E-state index contributed by atoms with van der Waals surface area (Å²) in [5.74, 6) is 0.185. The number of hydrogen-bond acceptors (Lipinski definition) is 4. The van der Waals surface area contributed by atoms with Gasteiger partial charge in [0.05, 0.1) is 18.9 Å². The van der Waals surface area contributed by atoms with Gasteiger partial charge in [0.15, 0.2) is 0 Å². The predicted octanol–water partition coefficient (Wildman–Crippen LogP) is 1.83. The topological polar surface area (TPSA) is 75.7 Å². The van der Waals surface area contributed by atoms with E-state index in [9.17, 15) is 14.4 Å². The van der Waals surface area contributed by atoms with E-state index in [-0.39, 0.29) is 54.4 Å². The molecule has 25 heavy (non-hydrogen) atoms. The van der Waals surface area contributed by atoms with E-state index >= 15 is 0 Å². The molecule has 1 N–H and O–H groups in total. The number of nitrogens with zero attached hydrogens (tertiary/aromatic N) is 1. The zero-order valence-corrected chi connectivity index (χ0v) is 14.0. The van der Waals surface area contributed by atoms with Crippen molar-refractivity contribution >= 4 is 23.4 Å². The Morgan fingerprint density at radius 3 is 2.52 bits per heavy atom. The average Bonchev–Trinajstić information content (AvgIpc) is 3.28. The van der Waals surface area contributed by atoms with E-state index in [1.807, 2.05) is 0 Å². The summed E-state index contributed by atoms with van der Waals surface area (Å²) in [7, 11) is 1.56. The quantitative estimate of drug-likeness (QED) is 0.655. The van der Waals surface area contributed by atoms with Gasteiger partial charge in [0.1, 0.15) is 5.75 Å². The van der Waals surface area contributed by atoms with Gasteiger partial charge in [-0.15, -0.1) is 0 Å². The number of nitrogens with one attached hydrogen (secondary N) is 1. The van der Waals surface area contributed by atoms with Crippen LogP contribution >= 0.6 is 0 Å². The summed E-state index contributed by atoms with van der Waals surface area (Å²) >= 11 is 0. The number of hydrogen-bond donors (Lipinski definition) is 1. The Labute approximate surface area is 145 Å². The van der Waals surface area contributed by atoms with Crippen LogP contribution in [0.4, 0.5) is 5.69 Å². The minimum absolute atomic E-state index is 0.0941. The number of imide groups is 1. The van der Waals surface area contributed by atoms with E-state index < -0.39 is 0 Å². The number of carbonyl (C=O) groups is 3. The van der Waals surface area contributed by atoms with Gasteiger partial charge in [0.25, 0.3) is 0 Å². The molecule has 1 aromatic rings. The molecule has 2 aliphatic carbocycles. The highest BCUT2D eigenvalue weighted by molar-refractivity contribution is 6.06. The van der Waals surface area contributed by atoms with Gasteiger partial charge in [-0.2, -0.15) is 0 Å². The van der Waals surface area contributed by atoms with Crippen LogP contribution in [-0.2, 0) is 14.4 Å². The molecular weight excluding hydrogens is 320 g/mol. The Morgan fingerprint density at radius 2 is 1.88 bits per heavy atom. The van der Waals surface area contributed by atoms with E-state index in [0.717, 1.165) is 6.42 Å². The predicted molar refractivity (Wildman–Crippen MR) is 90.7 cm³/mol. The average molecular weight is 340 g/mol. The molecule has 2 fully saturated rings. The summed E-state index contributed by atoms with van der Waals surface area (Å²) in [5, 5.41) is 2.77. The Bertz CT molecular complexity index is 742. The molecule has 130 valence electrons. The Balaban J connectivity index is 1.36. The lowest BCUT2D eigenvalue weighted by molar-refractivity contribution is -0.140. The zero-order chi connectivity index (χ0) is 17.6. The van der Waals surface area contributed by atoms with Crippen LogP contribution in [0.3, 0.4) is 0 Å². The highest BCUT2D eigenvalue weighted by Gasteiger charge is 2.58. The standard InChI is InChI=1S/C19H20N2O4/c1-25-14-4-2-3-13(10-14)20-15(22)7-8-21-18(23)16-11-5-6-12(9-11)17(16)19(21)24/h2-6,10-12,16-17H,7-9H2,1H3,(H,20,22). The van der Waals surface area contributed by atoms with Crippen molar-refractivity contribution < 1.29 is 19.1 Å². The van der Waals surface area contributed by atoms with Gasteiger partial charge in [-0.25, -0.2) is 0 Å². The van der Waals surface area contributed by atoms with Crippen molar-refractivity contribution in [3.8, 4) is 5.75 Å². The van der Waals surface area contributed by atoms with Gasteiger partial charge in [0, 0.05) is 24.7 Å². The summed E-state index contributed by atoms with van der Waals surface area (Å²) in [6.45, 7) is 0.139. The van der Waals surface area contributed by atoms with Crippen LogP contribution in [-0.4, -0.2) is 36.3 Å². The highest BCUT2D eigenvalue weighted by Crippen LogP contribution is 2.52. The van der Waals surface area contributed by atoms with Crippen molar-refractivity contribution in [1.29, 1.82) is 0 Å². The van der Waals surface area contributed by atoms with E-state index in [1.165, 1.54) is 4.90 Å². The Morgan fingerprint density at radius 1 is 1.20 bits per heavy atom. The SMILES string of the molecule is COc1cccc(NC(=O)CCN2C(=O)C3C4C=CC(C4)C3C2=O)c1. The number of anilines is 1. The highest BCUT2D eigenvalue weighted by atomic mass is 16.5. The fourth-order valence-electron chi connectivity index (χ4n) is 4.32. The smallest absolute Gasteiger partial charge is 0.233 e. The molecule has 3 aliphatic rings. The number of carbonyl (C=O) groups excluding carboxylic acids is 3. The van der Waals surface area contributed by atoms with Gasteiger partial charge >= 0.3 is 0 Å². The van der Waals surface area contributed by atoms with Crippen molar-refractivity contribution in [1.82, 2.24) is 4.90 Å². The minimum Gasteiger partial charge on any atom is -0.497 e. The molecular formula is C19H20N2O4. The van der Waals surface area contributed by atoms with E-state index in [1.54, 1.807) is 31.4 Å². The van der Waals surface area contributed by atoms with Gasteiger partial charge < -0.3 is 10.1 Å². The molecule has 1 aliphatic heterocycles. The molecule has 6 nitrogen and oxygen atoms in total. The summed E-state index contributed by atoms with van der Waals surface area (Å²) in [4.78, 5) is 38.6. The van der Waals surface area contributed by atoms with Crippen molar-refractivity contribution in [2.24, 2.45) is 23.7 Å². The summed E-state index contributed by atoms with van der Waals surface area (Å²) in [6.07, 6.45) is 5.14. The number of amides is 3. The molecule has 0 radical (unpaired) electrons. The molecule has 6 heteroatoms. The van der Waals surface area contributed by atoms with Crippen LogP contribution in [0.5, 0.6) is 5.75 Å². The van der Waals surface area contributed by atoms with E-state index in [4.69, 9.17) is 4.74 Å². The number of rotatable bonds is 5. The first-order valence-electron chi connectivity index (χ1n) is 8.56. The third-order valence-corrected chi connectivity index (χ3v) is 5.48. The van der Waals surface area contributed by atoms with Gasteiger partial charge in [-0.1, -0.05) is 18.2 Å². The van der Waals surface area contributed by atoms with Crippen LogP contribution in [0.15, 0.2) is 36.4 Å². The monoisotopic (exact) mass is 340 g/mol. The van der Waals surface area contributed by atoms with Crippen molar-refractivity contribution in [3.63, 3.8) is 0 Å². The van der Waals surface area contributed by atoms with Crippen molar-refractivity contribution in [2.45, 2.75) is 12.8 Å². The maximum Gasteiger partial charge on any atom is 0.233 e. The molecule has 1 saturated carbocycles. The lowest BCUT2D eigenvalue weighted by atomic mass is 9.85. The van der Waals surface area contributed by atoms with E-state index in [0.29, 0.717) is 11.4 Å². The molecule has 1 saturated heterocycles. The number of methoxy groups -OCH3 is 1. The fourth-order valence-corrected chi connectivity index (χ4v) is 4.32. The molecule has 4 atom stereocenters. The number of ether oxygens (including phenoxy) is 1. The summed E-state index contributed by atoms with van der Waals surface area (Å²) < 4.78 is 5.12. The first-order chi connectivity index (χ1) is 12.1. The maximum absolute atomic E-state index is 12.6.